The van der Waals surface area contributed by atoms with Crippen LogP contribution in [-0.4, -0.2) is 65.3 Å². The molecular weight excluding hydrogens is 560 g/mol. The molecule has 0 bridgehead atoms. The smallest absolute Gasteiger partial charge is 0.238 e. The number of aromatic nitrogens is 1. The van der Waals surface area contributed by atoms with Crippen LogP contribution in [0.4, 0.5) is 17.2 Å². The van der Waals surface area contributed by atoms with Crippen molar-refractivity contribution < 1.29 is 18.3 Å². The lowest BCUT2D eigenvalue weighted by Crippen LogP contribution is -2.52. The molecule has 43 heavy (non-hydrogen) atoms. The Kier molecular flexibility index (Phi) is 6.81. The number of hydrogen-bond donors (Lipinski definition) is 2. The first kappa shape index (κ1) is 29.2. The third kappa shape index (κ3) is 4.90. The fourth-order valence-electron chi connectivity index (χ4n) is 8.49. The fraction of sp³-hybridized carbons (Fsp3) is 0.647. The maximum Gasteiger partial charge on any atom is 0.238 e. The monoisotopic (exact) mass is 606 g/mol. The molecule has 7 rings (SSSR count). The number of sulfone groups is 1. The lowest BCUT2D eigenvalue weighted by Gasteiger charge is -2.52. The standard InChI is InChI=1S/C34H46N4O4S/c1-22(2)37-14-12-33(13-15-37)19-26(20-33)43(41,42)25-7-8-28(23(3)16-25)36-30-17-29-27(21-35-30)34(10-11-34)31(39)38(29)24-6-5-9-32(4,40)18-24/h7-8,16-17,21-22,24,26,40H,5-6,9-15,18-20H2,1-4H3,(H,35,36)/t24?,32-/m1/s1. The van der Waals surface area contributed by atoms with E-state index in [1.54, 1.807) is 12.1 Å². The fourth-order valence-corrected chi connectivity index (χ4v) is 10.6. The lowest BCUT2D eigenvalue weighted by molar-refractivity contribution is -0.121. The number of hydrogen-bond acceptors (Lipinski definition) is 7. The number of anilines is 3. The maximum atomic E-state index is 13.7. The van der Waals surface area contributed by atoms with E-state index >= 15 is 0 Å². The van der Waals surface area contributed by atoms with Crippen LogP contribution in [0, 0.1) is 12.3 Å². The molecule has 232 valence electrons. The van der Waals surface area contributed by atoms with E-state index < -0.39 is 20.9 Å². The number of amides is 1. The quantitative estimate of drug-likeness (QED) is 0.439. The van der Waals surface area contributed by atoms with Crippen molar-refractivity contribution in [1.82, 2.24) is 9.88 Å². The van der Waals surface area contributed by atoms with Crippen LogP contribution in [0.5, 0.6) is 0 Å². The molecule has 3 saturated carbocycles. The van der Waals surface area contributed by atoms with Gasteiger partial charge in [0.15, 0.2) is 9.84 Å². The van der Waals surface area contributed by atoms with Crippen LogP contribution in [0.3, 0.4) is 0 Å². The van der Waals surface area contributed by atoms with E-state index in [1.165, 1.54) is 0 Å². The average molecular weight is 607 g/mol. The molecule has 2 aliphatic heterocycles. The molecule has 1 unspecified atom stereocenters. The minimum Gasteiger partial charge on any atom is -0.390 e. The Morgan fingerprint density at radius 2 is 1.77 bits per heavy atom. The zero-order chi connectivity index (χ0) is 30.4. The highest BCUT2D eigenvalue weighted by Crippen LogP contribution is 2.59. The number of piperidine rings is 1. The summed E-state index contributed by atoms with van der Waals surface area (Å²) in [6, 6.07) is 7.84. The number of nitrogens with one attached hydrogen (secondary N) is 1. The Balaban J connectivity index is 1.07. The van der Waals surface area contributed by atoms with Gasteiger partial charge in [-0.3, -0.25) is 4.79 Å². The van der Waals surface area contributed by atoms with Crippen LogP contribution in [0.15, 0.2) is 35.4 Å². The second-order valence-electron chi connectivity index (χ2n) is 14.9. The van der Waals surface area contributed by atoms with E-state index in [0.717, 1.165) is 93.4 Å². The first-order valence-electron chi connectivity index (χ1n) is 16.2. The molecule has 1 amide bonds. The van der Waals surface area contributed by atoms with E-state index in [4.69, 9.17) is 4.98 Å². The van der Waals surface area contributed by atoms with Crippen molar-refractivity contribution >= 4 is 32.9 Å². The van der Waals surface area contributed by atoms with Crippen LogP contribution in [0.1, 0.15) is 96.1 Å². The van der Waals surface area contributed by atoms with Gasteiger partial charge in [-0.2, -0.15) is 0 Å². The molecule has 9 heteroatoms. The predicted molar refractivity (Wildman–Crippen MR) is 169 cm³/mol. The van der Waals surface area contributed by atoms with Gasteiger partial charge in [0.05, 0.1) is 26.8 Å². The number of rotatable bonds is 6. The highest BCUT2D eigenvalue weighted by molar-refractivity contribution is 7.92. The summed E-state index contributed by atoms with van der Waals surface area (Å²) in [4.78, 5) is 23.2. The minimum absolute atomic E-state index is 0.0233. The Hall–Kier alpha value is -2.49. The Labute approximate surface area is 256 Å². The van der Waals surface area contributed by atoms with Gasteiger partial charge in [0.2, 0.25) is 5.91 Å². The average Bonchev–Trinajstić information content (AvgIpc) is 3.70. The topological polar surface area (TPSA) is 103 Å². The maximum absolute atomic E-state index is 13.7. The van der Waals surface area contributed by atoms with Crippen LogP contribution in [0.2, 0.25) is 0 Å². The molecule has 1 aromatic carbocycles. The number of nitrogens with zero attached hydrogens (tertiary/aromatic N) is 3. The zero-order valence-electron chi connectivity index (χ0n) is 26.0. The number of benzene rings is 1. The van der Waals surface area contributed by atoms with E-state index in [9.17, 15) is 18.3 Å². The van der Waals surface area contributed by atoms with Crippen molar-refractivity contribution in [3.05, 3.63) is 41.6 Å². The molecule has 1 aromatic heterocycles. The van der Waals surface area contributed by atoms with E-state index in [1.807, 2.05) is 37.1 Å². The van der Waals surface area contributed by atoms with Crippen LogP contribution >= 0.6 is 0 Å². The molecule has 4 fully saturated rings. The van der Waals surface area contributed by atoms with Gasteiger partial charge in [-0.05, 0) is 134 Å². The number of aliphatic hydroxyl groups is 1. The van der Waals surface area contributed by atoms with Gasteiger partial charge in [-0.15, -0.1) is 0 Å². The SMILES string of the molecule is Cc1cc(S(=O)(=O)C2CC3(CCN(C(C)C)CC3)C2)ccc1Nc1cc2c(cn1)C1(CC1)C(=O)N2C1CCC[C@@](C)(O)C1. The number of fused-ring (bicyclic) bond motifs is 2. The highest BCUT2D eigenvalue weighted by atomic mass is 32.2. The summed E-state index contributed by atoms with van der Waals surface area (Å²) in [5.41, 5.74) is 2.54. The summed E-state index contributed by atoms with van der Waals surface area (Å²) in [6.45, 7) is 10.4. The van der Waals surface area contributed by atoms with Crippen molar-refractivity contribution in [1.29, 1.82) is 0 Å². The van der Waals surface area contributed by atoms with Crippen LogP contribution in [-0.2, 0) is 20.0 Å². The van der Waals surface area contributed by atoms with E-state index in [-0.39, 0.29) is 22.6 Å². The second-order valence-corrected chi connectivity index (χ2v) is 17.1. The van der Waals surface area contributed by atoms with Gasteiger partial charge in [-0.1, -0.05) is 0 Å². The van der Waals surface area contributed by atoms with Gasteiger partial charge in [0, 0.05) is 35.6 Å². The van der Waals surface area contributed by atoms with Gasteiger partial charge in [0.1, 0.15) is 5.82 Å². The number of aryl methyl sites for hydroxylation is 1. The highest BCUT2D eigenvalue weighted by Gasteiger charge is 2.61. The first-order valence-corrected chi connectivity index (χ1v) is 17.8. The number of likely N-dealkylation sites (tertiary alicyclic amines) is 1. The third-order valence-corrected chi connectivity index (χ3v) is 13.6. The van der Waals surface area contributed by atoms with Crippen LogP contribution in [0.25, 0.3) is 0 Å². The molecule has 2 spiro atoms. The van der Waals surface area contributed by atoms with Crippen LogP contribution < -0.4 is 10.2 Å². The molecule has 2 aromatic rings. The molecule has 0 radical (unpaired) electrons. The normalized spacial score (nSPS) is 28.4. The second kappa shape index (κ2) is 10.0. The zero-order valence-corrected chi connectivity index (χ0v) is 26.8. The number of carbonyl (C=O) groups is 1. The summed E-state index contributed by atoms with van der Waals surface area (Å²) in [6.07, 6.45) is 10.4. The minimum atomic E-state index is -3.39. The lowest BCUT2D eigenvalue weighted by atomic mass is 9.63. The third-order valence-electron chi connectivity index (χ3n) is 11.5. The molecule has 5 aliphatic rings. The van der Waals surface area contributed by atoms with Gasteiger partial charge in [0.25, 0.3) is 0 Å². The van der Waals surface area contributed by atoms with E-state index in [2.05, 4.69) is 24.1 Å². The van der Waals surface area contributed by atoms with Crippen molar-refractivity contribution in [2.45, 2.75) is 125 Å². The molecule has 3 heterocycles. The van der Waals surface area contributed by atoms with Crippen molar-refractivity contribution in [3.63, 3.8) is 0 Å². The van der Waals surface area contributed by atoms with Crippen molar-refractivity contribution in [3.8, 4) is 0 Å². The summed E-state index contributed by atoms with van der Waals surface area (Å²) in [5.74, 6) is 0.780. The molecule has 2 atom stereocenters. The molecule has 3 aliphatic carbocycles. The molecule has 8 nitrogen and oxygen atoms in total. The molecular formula is C34H46N4O4S. The largest absolute Gasteiger partial charge is 0.390 e. The van der Waals surface area contributed by atoms with Gasteiger partial charge >= 0.3 is 0 Å². The summed E-state index contributed by atoms with van der Waals surface area (Å²) in [5, 5.41) is 13.9. The molecule has 1 saturated heterocycles. The van der Waals surface area contributed by atoms with Crippen molar-refractivity contribution in [2.75, 3.05) is 23.3 Å². The number of pyridine rings is 1. The van der Waals surface area contributed by atoms with E-state index in [0.29, 0.717) is 23.2 Å². The molecule has 2 N–H and O–H groups in total. The Bertz CT molecular complexity index is 1550. The van der Waals surface area contributed by atoms with Crippen molar-refractivity contribution in [2.24, 2.45) is 5.41 Å². The first-order chi connectivity index (χ1) is 20.3. The summed E-state index contributed by atoms with van der Waals surface area (Å²) < 4.78 is 27.2. The Morgan fingerprint density at radius 3 is 2.40 bits per heavy atom. The predicted octanol–water partition coefficient (Wildman–Crippen LogP) is 5.63. The Morgan fingerprint density at radius 1 is 1.05 bits per heavy atom. The van der Waals surface area contributed by atoms with Gasteiger partial charge in [-0.25, -0.2) is 13.4 Å². The summed E-state index contributed by atoms with van der Waals surface area (Å²) >= 11 is 0. The van der Waals surface area contributed by atoms with Gasteiger partial charge < -0.3 is 20.2 Å². The number of carbonyl (C=O) groups excluding carboxylic acids is 1. The summed E-state index contributed by atoms with van der Waals surface area (Å²) in [7, 11) is -3.39.